The average molecular weight is 356 g/mol. The van der Waals surface area contributed by atoms with Crippen LogP contribution in [-0.2, 0) is 0 Å². The number of aromatic nitrogens is 1. The van der Waals surface area contributed by atoms with E-state index in [2.05, 4.69) is 41.6 Å². The van der Waals surface area contributed by atoms with Crippen molar-refractivity contribution in [3.8, 4) is 6.07 Å². The Labute approximate surface area is 158 Å². The Hall–Kier alpha value is -3.65. The molecule has 0 radical (unpaired) electrons. The molecule has 134 valence electrons. The molecule has 5 nitrogen and oxygen atoms in total. The molecule has 0 saturated carbocycles. The Morgan fingerprint density at radius 3 is 2.37 bits per heavy atom. The van der Waals surface area contributed by atoms with E-state index in [0.29, 0.717) is 28.6 Å². The van der Waals surface area contributed by atoms with Crippen LogP contribution >= 0.6 is 0 Å². The fourth-order valence-corrected chi connectivity index (χ4v) is 2.74. The Morgan fingerprint density at radius 1 is 1.00 bits per heavy atom. The number of nitriles is 1. The van der Waals surface area contributed by atoms with Crippen molar-refractivity contribution in [2.24, 2.45) is 0 Å². The molecule has 0 spiro atoms. The third kappa shape index (κ3) is 4.31. The zero-order valence-electron chi connectivity index (χ0n) is 15.2. The van der Waals surface area contributed by atoms with Crippen LogP contribution in [-0.4, -0.2) is 10.9 Å². The number of benzene rings is 2. The van der Waals surface area contributed by atoms with Gasteiger partial charge in [-0.1, -0.05) is 44.2 Å². The van der Waals surface area contributed by atoms with Gasteiger partial charge in [0, 0.05) is 11.9 Å². The van der Waals surface area contributed by atoms with Crippen LogP contribution in [0.25, 0.3) is 0 Å². The number of hydrogen-bond acceptors (Lipinski definition) is 4. The van der Waals surface area contributed by atoms with E-state index in [1.165, 1.54) is 11.8 Å². The molecule has 2 aromatic carbocycles. The van der Waals surface area contributed by atoms with Crippen LogP contribution in [0.4, 0.5) is 17.2 Å². The van der Waals surface area contributed by atoms with Crippen LogP contribution in [0.15, 0.2) is 66.9 Å². The Bertz CT molecular complexity index is 988. The Kier molecular flexibility index (Phi) is 5.48. The van der Waals surface area contributed by atoms with Crippen molar-refractivity contribution in [3.05, 3.63) is 83.6 Å². The molecule has 0 aliphatic carbocycles. The molecule has 2 N–H and O–H groups in total. The van der Waals surface area contributed by atoms with Crippen LogP contribution in [0.3, 0.4) is 0 Å². The van der Waals surface area contributed by atoms with Gasteiger partial charge in [0.1, 0.15) is 11.9 Å². The monoisotopic (exact) mass is 356 g/mol. The first-order valence-corrected chi connectivity index (χ1v) is 8.71. The molecule has 0 atom stereocenters. The van der Waals surface area contributed by atoms with Gasteiger partial charge in [0.2, 0.25) is 0 Å². The summed E-state index contributed by atoms with van der Waals surface area (Å²) in [5.74, 6) is 0.746. The van der Waals surface area contributed by atoms with Crippen molar-refractivity contribution >= 4 is 23.1 Å². The highest BCUT2D eigenvalue weighted by Gasteiger charge is 2.10. The smallest absolute Gasteiger partial charge is 0.257 e. The summed E-state index contributed by atoms with van der Waals surface area (Å²) in [6, 6.07) is 20.5. The van der Waals surface area contributed by atoms with Gasteiger partial charge in [-0.3, -0.25) is 4.79 Å². The van der Waals surface area contributed by atoms with Gasteiger partial charge in [-0.2, -0.15) is 5.26 Å². The molecule has 1 aromatic heterocycles. The van der Waals surface area contributed by atoms with E-state index in [0.717, 1.165) is 5.69 Å². The first-order valence-electron chi connectivity index (χ1n) is 8.71. The molecule has 0 aliphatic rings. The molecule has 0 aliphatic heterocycles. The number of nitrogens with zero attached hydrogens (tertiary/aromatic N) is 2. The van der Waals surface area contributed by atoms with Gasteiger partial charge >= 0.3 is 0 Å². The molecule has 0 fully saturated rings. The topological polar surface area (TPSA) is 77.8 Å². The van der Waals surface area contributed by atoms with Crippen LogP contribution in [0, 0.1) is 11.3 Å². The lowest BCUT2D eigenvalue weighted by Gasteiger charge is -2.14. The maximum Gasteiger partial charge on any atom is 0.257 e. The molecule has 0 saturated heterocycles. The van der Waals surface area contributed by atoms with Crippen LogP contribution in [0.1, 0.15) is 41.3 Å². The zero-order chi connectivity index (χ0) is 19.2. The van der Waals surface area contributed by atoms with Gasteiger partial charge in [-0.25, -0.2) is 4.98 Å². The number of carbonyl (C=O) groups is 1. The lowest BCUT2D eigenvalue weighted by atomic mass is 10.0. The molecule has 3 rings (SSSR count). The summed E-state index contributed by atoms with van der Waals surface area (Å²) in [5, 5.41) is 15.2. The largest absolute Gasteiger partial charge is 0.340 e. The number of amides is 1. The van der Waals surface area contributed by atoms with E-state index < -0.39 is 0 Å². The van der Waals surface area contributed by atoms with Gasteiger partial charge in [0.05, 0.1) is 16.8 Å². The minimum absolute atomic E-state index is 0.306. The second-order valence-electron chi connectivity index (χ2n) is 6.41. The third-order valence-electron chi connectivity index (χ3n) is 4.17. The number of rotatable bonds is 5. The second-order valence-corrected chi connectivity index (χ2v) is 6.41. The standard InChI is InChI=1S/C22H20N4O/c1-15(2)18-8-4-6-10-20(18)25-21-12-11-17(14-24-21)22(27)26-19-9-5-3-7-16(19)13-23/h3-12,14-15H,1-2H3,(H,24,25)(H,26,27). The van der Waals surface area contributed by atoms with Crippen LogP contribution in [0.2, 0.25) is 0 Å². The Balaban J connectivity index is 1.74. The summed E-state index contributed by atoms with van der Waals surface area (Å²) >= 11 is 0. The van der Waals surface area contributed by atoms with Gasteiger partial charge in [0.15, 0.2) is 0 Å². The molecular formula is C22H20N4O. The van der Waals surface area contributed by atoms with Crippen LogP contribution in [0.5, 0.6) is 0 Å². The minimum atomic E-state index is -0.306. The third-order valence-corrected chi connectivity index (χ3v) is 4.17. The average Bonchev–Trinajstić information content (AvgIpc) is 2.69. The maximum atomic E-state index is 12.4. The van der Waals surface area contributed by atoms with Crippen molar-refractivity contribution in [1.29, 1.82) is 5.26 Å². The normalized spacial score (nSPS) is 10.3. The minimum Gasteiger partial charge on any atom is -0.340 e. The molecule has 0 bridgehead atoms. The van der Waals surface area contributed by atoms with E-state index in [1.54, 1.807) is 36.4 Å². The molecule has 3 aromatic rings. The number of anilines is 3. The van der Waals surface area contributed by atoms with E-state index in [1.807, 2.05) is 18.2 Å². The summed E-state index contributed by atoms with van der Waals surface area (Å²) < 4.78 is 0. The van der Waals surface area contributed by atoms with Gasteiger partial charge in [0.25, 0.3) is 5.91 Å². The number of nitrogens with one attached hydrogen (secondary N) is 2. The van der Waals surface area contributed by atoms with Gasteiger partial charge in [-0.15, -0.1) is 0 Å². The number of pyridine rings is 1. The predicted octanol–water partition coefficient (Wildman–Crippen LogP) is 5.07. The van der Waals surface area contributed by atoms with Crippen molar-refractivity contribution in [2.45, 2.75) is 19.8 Å². The second kappa shape index (κ2) is 8.15. The van der Waals surface area contributed by atoms with Crippen molar-refractivity contribution in [1.82, 2.24) is 4.98 Å². The maximum absolute atomic E-state index is 12.4. The van der Waals surface area contributed by atoms with Crippen molar-refractivity contribution in [3.63, 3.8) is 0 Å². The number of hydrogen-bond donors (Lipinski definition) is 2. The summed E-state index contributed by atoms with van der Waals surface area (Å²) in [5.41, 5.74) is 3.53. The fraction of sp³-hybridized carbons (Fsp3) is 0.136. The first kappa shape index (κ1) is 18.2. The highest BCUT2D eigenvalue weighted by Crippen LogP contribution is 2.26. The fourth-order valence-electron chi connectivity index (χ4n) is 2.74. The Morgan fingerprint density at radius 2 is 1.70 bits per heavy atom. The SMILES string of the molecule is CC(C)c1ccccc1Nc1ccc(C(=O)Nc2ccccc2C#N)cn1. The lowest BCUT2D eigenvalue weighted by Crippen LogP contribution is -2.13. The van der Waals surface area contributed by atoms with E-state index in [9.17, 15) is 4.79 Å². The van der Waals surface area contributed by atoms with Gasteiger partial charge in [-0.05, 0) is 41.8 Å². The molecule has 1 amide bonds. The molecule has 0 unspecified atom stereocenters. The lowest BCUT2D eigenvalue weighted by molar-refractivity contribution is 0.102. The number of para-hydroxylation sites is 2. The molecule has 1 heterocycles. The van der Waals surface area contributed by atoms with Crippen molar-refractivity contribution in [2.75, 3.05) is 10.6 Å². The molecular weight excluding hydrogens is 336 g/mol. The quantitative estimate of drug-likeness (QED) is 0.669. The predicted molar refractivity (Wildman–Crippen MR) is 107 cm³/mol. The summed E-state index contributed by atoms with van der Waals surface area (Å²) in [7, 11) is 0. The summed E-state index contributed by atoms with van der Waals surface area (Å²) in [4.78, 5) is 16.8. The highest BCUT2D eigenvalue weighted by atomic mass is 16.1. The number of carbonyl (C=O) groups excluding carboxylic acids is 1. The van der Waals surface area contributed by atoms with E-state index in [4.69, 9.17) is 5.26 Å². The van der Waals surface area contributed by atoms with E-state index >= 15 is 0 Å². The van der Waals surface area contributed by atoms with E-state index in [-0.39, 0.29) is 5.91 Å². The summed E-state index contributed by atoms with van der Waals surface area (Å²) in [6.45, 7) is 4.28. The van der Waals surface area contributed by atoms with Crippen LogP contribution < -0.4 is 10.6 Å². The highest BCUT2D eigenvalue weighted by molar-refractivity contribution is 6.04. The van der Waals surface area contributed by atoms with Gasteiger partial charge < -0.3 is 10.6 Å². The first-order chi connectivity index (χ1) is 13.1. The molecule has 27 heavy (non-hydrogen) atoms. The summed E-state index contributed by atoms with van der Waals surface area (Å²) in [6.07, 6.45) is 1.52. The molecule has 5 heteroatoms. The zero-order valence-corrected chi connectivity index (χ0v) is 15.2. The van der Waals surface area contributed by atoms with Crippen molar-refractivity contribution < 1.29 is 4.79 Å².